The summed E-state index contributed by atoms with van der Waals surface area (Å²) in [5.41, 5.74) is 3.92. The molecule has 2 aromatic rings. The molecule has 28 heavy (non-hydrogen) atoms. The first-order valence-electron chi connectivity index (χ1n) is 10.5. The van der Waals surface area contributed by atoms with Crippen molar-refractivity contribution < 1.29 is 9.21 Å². The molecule has 150 valence electrons. The number of nitrogens with one attached hydrogen (secondary N) is 1. The molecule has 1 aliphatic heterocycles. The number of amides is 1. The first kappa shape index (κ1) is 19.3. The monoisotopic (exact) mass is 380 g/mol. The van der Waals surface area contributed by atoms with Gasteiger partial charge in [-0.2, -0.15) is 0 Å². The van der Waals surface area contributed by atoms with Crippen molar-refractivity contribution in [1.29, 1.82) is 0 Å². The second-order valence-electron chi connectivity index (χ2n) is 9.76. The Hall–Kier alpha value is -2.07. The molecule has 1 spiro atoms. The lowest BCUT2D eigenvalue weighted by Gasteiger charge is -2.41. The van der Waals surface area contributed by atoms with Crippen molar-refractivity contribution in [2.75, 3.05) is 19.6 Å². The number of hydrogen-bond donors (Lipinski definition) is 1. The zero-order chi connectivity index (χ0) is 19.8. The lowest BCUT2D eigenvalue weighted by Crippen LogP contribution is -2.43. The molecule has 1 saturated heterocycles. The van der Waals surface area contributed by atoms with E-state index in [1.54, 1.807) is 12.3 Å². The van der Waals surface area contributed by atoms with E-state index >= 15 is 0 Å². The van der Waals surface area contributed by atoms with E-state index in [0.29, 0.717) is 11.0 Å². The standard InChI is InChI=1S/C24H32N2O2/c1-23(2,3)9-12-26-13-10-24(11-14-26)16-21(19-6-4-5-7-20(19)24)25-22(27)18-8-15-28-17-18/h4-8,15,17,21H,9-14,16H2,1-3H3,(H,25,27)/t21-/m0/s1. The van der Waals surface area contributed by atoms with E-state index in [0.717, 1.165) is 19.5 Å². The number of benzene rings is 1. The van der Waals surface area contributed by atoms with Gasteiger partial charge in [0, 0.05) is 5.41 Å². The third-order valence-electron chi connectivity index (χ3n) is 6.58. The van der Waals surface area contributed by atoms with Crippen LogP contribution in [0.1, 0.15) is 74.0 Å². The van der Waals surface area contributed by atoms with E-state index in [9.17, 15) is 4.79 Å². The molecule has 2 aliphatic rings. The minimum Gasteiger partial charge on any atom is -0.472 e. The lowest BCUT2D eigenvalue weighted by molar-refractivity contribution is 0.0923. The van der Waals surface area contributed by atoms with Crippen molar-refractivity contribution in [3.63, 3.8) is 0 Å². The molecule has 1 amide bonds. The second kappa shape index (κ2) is 7.40. The van der Waals surface area contributed by atoms with Crippen molar-refractivity contribution in [2.45, 2.75) is 57.9 Å². The molecule has 0 bridgehead atoms. The van der Waals surface area contributed by atoms with Gasteiger partial charge < -0.3 is 14.6 Å². The van der Waals surface area contributed by atoms with Crippen LogP contribution in [0, 0.1) is 5.41 Å². The summed E-state index contributed by atoms with van der Waals surface area (Å²) >= 11 is 0. The number of rotatable bonds is 4. The van der Waals surface area contributed by atoms with E-state index < -0.39 is 0 Å². The Kier molecular flexibility index (Phi) is 5.09. The molecular weight excluding hydrogens is 348 g/mol. The summed E-state index contributed by atoms with van der Waals surface area (Å²) in [6.45, 7) is 10.4. The van der Waals surface area contributed by atoms with Crippen molar-refractivity contribution in [3.8, 4) is 0 Å². The maximum absolute atomic E-state index is 12.6. The Morgan fingerprint density at radius 3 is 2.64 bits per heavy atom. The van der Waals surface area contributed by atoms with Crippen LogP contribution in [-0.4, -0.2) is 30.4 Å². The zero-order valence-electron chi connectivity index (χ0n) is 17.3. The SMILES string of the molecule is CC(C)(C)CCN1CCC2(CC1)C[C@H](NC(=O)c1ccoc1)c1ccccc12. The van der Waals surface area contributed by atoms with Gasteiger partial charge in [-0.15, -0.1) is 0 Å². The molecule has 4 nitrogen and oxygen atoms in total. The first-order valence-corrected chi connectivity index (χ1v) is 10.5. The van der Waals surface area contributed by atoms with Gasteiger partial charge in [0.25, 0.3) is 5.91 Å². The van der Waals surface area contributed by atoms with Crippen LogP contribution in [0.2, 0.25) is 0 Å². The third-order valence-corrected chi connectivity index (χ3v) is 6.58. The highest BCUT2D eigenvalue weighted by Crippen LogP contribution is 2.50. The fourth-order valence-electron chi connectivity index (χ4n) is 4.83. The van der Waals surface area contributed by atoms with Crippen LogP contribution in [-0.2, 0) is 5.41 Å². The van der Waals surface area contributed by atoms with E-state index in [1.165, 1.54) is 43.2 Å². The normalized spacial score (nSPS) is 21.6. The van der Waals surface area contributed by atoms with Crippen LogP contribution in [0.4, 0.5) is 0 Å². The largest absolute Gasteiger partial charge is 0.472 e. The number of likely N-dealkylation sites (tertiary alicyclic amines) is 1. The van der Waals surface area contributed by atoms with Gasteiger partial charge in [-0.3, -0.25) is 4.79 Å². The van der Waals surface area contributed by atoms with E-state index in [1.807, 2.05) is 0 Å². The van der Waals surface area contributed by atoms with Crippen molar-refractivity contribution in [2.24, 2.45) is 5.41 Å². The van der Waals surface area contributed by atoms with Crippen LogP contribution in [0.15, 0.2) is 47.3 Å². The Balaban J connectivity index is 1.47. The molecular formula is C24H32N2O2. The highest BCUT2D eigenvalue weighted by molar-refractivity contribution is 5.94. The first-order chi connectivity index (χ1) is 13.4. The van der Waals surface area contributed by atoms with Crippen molar-refractivity contribution >= 4 is 5.91 Å². The number of carbonyl (C=O) groups excluding carboxylic acids is 1. The number of carbonyl (C=O) groups is 1. The van der Waals surface area contributed by atoms with E-state index in [2.05, 4.69) is 55.3 Å². The molecule has 0 saturated carbocycles. The molecule has 1 fully saturated rings. The van der Waals surface area contributed by atoms with Crippen LogP contribution in [0.5, 0.6) is 0 Å². The molecule has 4 rings (SSSR count). The minimum absolute atomic E-state index is 0.0479. The second-order valence-corrected chi connectivity index (χ2v) is 9.76. The molecule has 1 aromatic heterocycles. The van der Waals surface area contributed by atoms with Crippen LogP contribution in [0.25, 0.3) is 0 Å². The maximum Gasteiger partial charge on any atom is 0.255 e. The average molecular weight is 381 g/mol. The number of fused-ring (bicyclic) bond motifs is 2. The Morgan fingerprint density at radius 1 is 1.21 bits per heavy atom. The number of furan rings is 1. The van der Waals surface area contributed by atoms with Gasteiger partial charge in [0.15, 0.2) is 0 Å². The van der Waals surface area contributed by atoms with Crippen LogP contribution < -0.4 is 5.32 Å². The van der Waals surface area contributed by atoms with Crippen molar-refractivity contribution in [3.05, 3.63) is 59.5 Å². The zero-order valence-corrected chi connectivity index (χ0v) is 17.3. The molecule has 1 aromatic carbocycles. The molecule has 0 unspecified atom stereocenters. The summed E-state index contributed by atoms with van der Waals surface area (Å²) in [4.78, 5) is 15.2. The Morgan fingerprint density at radius 2 is 1.96 bits per heavy atom. The molecule has 2 heterocycles. The van der Waals surface area contributed by atoms with Gasteiger partial charge in [-0.05, 0) is 67.9 Å². The van der Waals surface area contributed by atoms with E-state index in [-0.39, 0.29) is 17.4 Å². The van der Waals surface area contributed by atoms with Crippen LogP contribution in [0.3, 0.4) is 0 Å². The summed E-state index contributed by atoms with van der Waals surface area (Å²) in [6.07, 6.45) is 7.65. The van der Waals surface area contributed by atoms with Gasteiger partial charge in [0.2, 0.25) is 0 Å². The molecule has 1 aliphatic carbocycles. The van der Waals surface area contributed by atoms with Gasteiger partial charge in [0.1, 0.15) is 6.26 Å². The number of piperidine rings is 1. The minimum atomic E-state index is -0.0479. The fraction of sp³-hybridized carbons (Fsp3) is 0.542. The third kappa shape index (κ3) is 3.88. The Labute approximate surface area is 168 Å². The van der Waals surface area contributed by atoms with Gasteiger partial charge in [-0.1, -0.05) is 45.0 Å². The fourth-order valence-corrected chi connectivity index (χ4v) is 4.83. The maximum atomic E-state index is 12.6. The summed E-state index contributed by atoms with van der Waals surface area (Å²) in [5, 5.41) is 3.25. The number of hydrogen-bond acceptors (Lipinski definition) is 3. The highest BCUT2D eigenvalue weighted by Gasteiger charge is 2.45. The highest BCUT2D eigenvalue weighted by atomic mass is 16.3. The number of nitrogens with zero attached hydrogens (tertiary/aromatic N) is 1. The van der Waals surface area contributed by atoms with Gasteiger partial charge >= 0.3 is 0 Å². The smallest absolute Gasteiger partial charge is 0.255 e. The quantitative estimate of drug-likeness (QED) is 0.818. The van der Waals surface area contributed by atoms with E-state index in [4.69, 9.17) is 4.42 Å². The summed E-state index contributed by atoms with van der Waals surface area (Å²) in [6, 6.07) is 10.5. The van der Waals surface area contributed by atoms with Gasteiger partial charge in [-0.25, -0.2) is 0 Å². The summed E-state index contributed by atoms with van der Waals surface area (Å²) in [7, 11) is 0. The topological polar surface area (TPSA) is 45.5 Å². The predicted octanol–water partition coefficient (Wildman–Crippen LogP) is 4.92. The summed E-state index contributed by atoms with van der Waals surface area (Å²) in [5.74, 6) is -0.0479. The molecule has 1 N–H and O–H groups in total. The lowest BCUT2D eigenvalue weighted by atomic mass is 9.73. The Bertz CT molecular complexity index is 811. The van der Waals surface area contributed by atoms with Crippen molar-refractivity contribution in [1.82, 2.24) is 10.2 Å². The predicted molar refractivity (Wildman–Crippen MR) is 111 cm³/mol. The molecule has 0 radical (unpaired) electrons. The summed E-state index contributed by atoms with van der Waals surface area (Å²) < 4.78 is 5.07. The van der Waals surface area contributed by atoms with Crippen LogP contribution >= 0.6 is 0 Å². The molecule has 1 atom stereocenters. The average Bonchev–Trinajstić information content (AvgIpc) is 3.29. The molecule has 4 heteroatoms. The van der Waals surface area contributed by atoms with Gasteiger partial charge in [0.05, 0.1) is 17.9 Å².